The van der Waals surface area contributed by atoms with E-state index in [9.17, 15) is 4.79 Å². The van der Waals surface area contributed by atoms with Crippen LogP contribution in [0.15, 0.2) is 51.4 Å². The van der Waals surface area contributed by atoms with Crippen molar-refractivity contribution < 1.29 is 4.79 Å². The van der Waals surface area contributed by atoms with E-state index in [0.717, 1.165) is 25.8 Å². The first-order valence-electron chi connectivity index (χ1n) is 6.51. The lowest BCUT2D eigenvalue weighted by atomic mass is 10.1. The maximum Gasteiger partial charge on any atom is 0.238 e. The van der Waals surface area contributed by atoms with Crippen molar-refractivity contribution in [1.29, 1.82) is 0 Å². The van der Waals surface area contributed by atoms with E-state index < -0.39 is 0 Å². The molecule has 2 aromatic carbocycles. The Labute approximate surface area is 145 Å². The lowest BCUT2D eigenvalue weighted by Gasteiger charge is -2.25. The van der Waals surface area contributed by atoms with Crippen molar-refractivity contribution in [3.63, 3.8) is 0 Å². The van der Waals surface area contributed by atoms with E-state index in [-0.39, 0.29) is 11.3 Å². The highest BCUT2D eigenvalue weighted by Crippen LogP contribution is 2.42. The summed E-state index contributed by atoms with van der Waals surface area (Å²) in [5, 5.41) is 0.0474. The highest BCUT2D eigenvalue weighted by Gasteiger charge is 2.34. The van der Waals surface area contributed by atoms with E-state index in [1.807, 2.05) is 36.1 Å². The topological polar surface area (TPSA) is 20.3 Å². The van der Waals surface area contributed by atoms with Crippen LogP contribution in [0.2, 0.25) is 0 Å². The molecule has 1 aliphatic heterocycles. The quantitative estimate of drug-likeness (QED) is 0.649. The zero-order chi connectivity index (χ0) is 15.0. The number of nitrogens with zero attached hydrogens (tertiary/aromatic N) is 1. The van der Waals surface area contributed by atoms with Gasteiger partial charge in [-0.05, 0) is 48.4 Å². The number of halogens is 2. The zero-order valence-electron chi connectivity index (χ0n) is 11.3. The number of carbonyl (C=O) groups excluding carboxylic acids is 1. The number of hydrogen-bond acceptors (Lipinski definition) is 2. The molecule has 5 heteroatoms. The Balaban J connectivity index is 1.99. The number of benzene rings is 2. The molecule has 108 valence electrons. The summed E-state index contributed by atoms with van der Waals surface area (Å²) in [5.74, 6) is 0.685. The summed E-state index contributed by atoms with van der Waals surface area (Å²) >= 11 is 8.63. The molecule has 2 nitrogen and oxygen atoms in total. The van der Waals surface area contributed by atoms with E-state index in [2.05, 4.69) is 50.1 Å². The number of amides is 1. The van der Waals surface area contributed by atoms with Gasteiger partial charge in [0.1, 0.15) is 5.37 Å². The van der Waals surface area contributed by atoms with Gasteiger partial charge in [0.05, 0.1) is 5.75 Å². The Morgan fingerprint density at radius 3 is 2.52 bits per heavy atom. The first kappa shape index (κ1) is 15.1. The Morgan fingerprint density at radius 1 is 1.14 bits per heavy atom. The van der Waals surface area contributed by atoms with Crippen molar-refractivity contribution >= 4 is 55.2 Å². The van der Waals surface area contributed by atoms with Gasteiger partial charge in [-0.1, -0.05) is 44.0 Å². The first-order chi connectivity index (χ1) is 10.1. The molecular weight excluding hydrogens is 414 g/mol. The third-order valence-corrected chi connectivity index (χ3v) is 6.07. The van der Waals surface area contributed by atoms with Crippen molar-refractivity contribution in [3.05, 3.63) is 62.5 Å². The molecule has 0 radical (unpaired) electrons. The van der Waals surface area contributed by atoms with Gasteiger partial charge < -0.3 is 0 Å². The molecule has 0 N–H and O–H groups in total. The van der Waals surface area contributed by atoms with Gasteiger partial charge in [-0.3, -0.25) is 9.69 Å². The molecule has 1 saturated heterocycles. The predicted octanol–water partition coefficient (Wildman–Crippen LogP) is 5.30. The van der Waals surface area contributed by atoms with E-state index in [1.54, 1.807) is 11.8 Å². The van der Waals surface area contributed by atoms with Crippen molar-refractivity contribution in [3.8, 4) is 0 Å². The van der Waals surface area contributed by atoms with Gasteiger partial charge in [0.25, 0.3) is 0 Å². The Bertz CT molecular complexity index is 687. The normalized spacial score (nSPS) is 18.3. The van der Waals surface area contributed by atoms with E-state index in [1.165, 1.54) is 0 Å². The van der Waals surface area contributed by atoms with Gasteiger partial charge in [0.2, 0.25) is 5.91 Å². The second kappa shape index (κ2) is 6.15. The second-order valence-corrected chi connectivity index (χ2v) is 7.75. The highest BCUT2D eigenvalue weighted by atomic mass is 79.9. The Morgan fingerprint density at radius 2 is 1.86 bits per heavy atom. The van der Waals surface area contributed by atoms with Crippen LogP contribution in [0.25, 0.3) is 0 Å². The van der Waals surface area contributed by atoms with Crippen molar-refractivity contribution in [2.24, 2.45) is 0 Å². The lowest BCUT2D eigenvalue weighted by molar-refractivity contribution is -0.115. The van der Waals surface area contributed by atoms with E-state index >= 15 is 0 Å². The summed E-state index contributed by atoms with van der Waals surface area (Å²) in [7, 11) is 0. The molecule has 1 fully saturated rings. The van der Waals surface area contributed by atoms with Crippen molar-refractivity contribution in [2.75, 3.05) is 10.7 Å². The summed E-state index contributed by atoms with van der Waals surface area (Å²) in [6, 6.07) is 14.2. The smallest absolute Gasteiger partial charge is 0.238 e. The van der Waals surface area contributed by atoms with Gasteiger partial charge in [0.15, 0.2) is 0 Å². The summed E-state index contributed by atoms with van der Waals surface area (Å²) < 4.78 is 2.11. The Hall–Kier alpha value is -0.780. The van der Waals surface area contributed by atoms with Crippen LogP contribution >= 0.6 is 43.6 Å². The van der Waals surface area contributed by atoms with Crippen LogP contribution in [0.4, 0.5) is 5.69 Å². The average Bonchev–Trinajstić information content (AvgIpc) is 2.85. The number of thioether (sulfide) groups is 1. The van der Waals surface area contributed by atoms with Crippen LogP contribution in [0.3, 0.4) is 0 Å². The standard InChI is InChI=1S/C16H13Br2NOS/c1-10-8-13(6-7-14(10)18)19-15(20)9-21-16(19)11-2-4-12(17)5-3-11/h2-8,16H,9H2,1H3/t16-/m0/s1. The molecule has 1 atom stereocenters. The molecule has 1 heterocycles. The fourth-order valence-electron chi connectivity index (χ4n) is 2.36. The minimum absolute atomic E-state index is 0.0474. The van der Waals surface area contributed by atoms with Crippen LogP contribution in [-0.2, 0) is 4.79 Å². The van der Waals surface area contributed by atoms with Crippen LogP contribution in [0, 0.1) is 6.92 Å². The number of aryl methyl sites for hydroxylation is 1. The number of rotatable bonds is 2. The summed E-state index contributed by atoms with van der Waals surface area (Å²) in [6.07, 6.45) is 0. The zero-order valence-corrected chi connectivity index (χ0v) is 15.3. The van der Waals surface area contributed by atoms with Gasteiger partial charge in [-0.15, -0.1) is 11.8 Å². The summed E-state index contributed by atoms with van der Waals surface area (Å²) in [4.78, 5) is 14.2. The third-order valence-electron chi connectivity index (χ3n) is 3.44. The molecule has 0 bridgehead atoms. The molecule has 1 aliphatic rings. The molecule has 0 saturated carbocycles. The molecular formula is C16H13Br2NOS. The predicted molar refractivity (Wildman–Crippen MR) is 95.7 cm³/mol. The molecule has 21 heavy (non-hydrogen) atoms. The fourth-order valence-corrected chi connectivity index (χ4v) is 4.04. The van der Waals surface area contributed by atoms with Gasteiger partial charge in [0, 0.05) is 14.6 Å². The maximum absolute atomic E-state index is 12.3. The maximum atomic E-state index is 12.3. The summed E-state index contributed by atoms with van der Waals surface area (Å²) in [5.41, 5.74) is 3.24. The lowest BCUT2D eigenvalue weighted by Crippen LogP contribution is -2.27. The molecule has 0 aliphatic carbocycles. The number of hydrogen-bond donors (Lipinski definition) is 0. The molecule has 1 amide bonds. The van der Waals surface area contributed by atoms with Crippen LogP contribution in [-0.4, -0.2) is 11.7 Å². The van der Waals surface area contributed by atoms with Gasteiger partial charge >= 0.3 is 0 Å². The summed E-state index contributed by atoms with van der Waals surface area (Å²) in [6.45, 7) is 2.04. The van der Waals surface area contributed by atoms with Crippen LogP contribution in [0.5, 0.6) is 0 Å². The molecule has 3 rings (SSSR count). The number of carbonyl (C=O) groups is 1. The molecule has 0 aromatic heterocycles. The first-order valence-corrected chi connectivity index (χ1v) is 9.15. The molecule has 0 unspecified atom stereocenters. The van der Waals surface area contributed by atoms with Gasteiger partial charge in [-0.25, -0.2) is 0 Å². The minimum atomic E-state index is 0.0474. The van der Waals surface area contributed by atoms with Crippen molar-refractivity contribution in [2.45, 2.75) is 12.3 Å². The highest BCUT2D eigenvalue weighted by molar-refractivity contribution is 9.10. The van der Waals surface area contributed by atoms with Crippen LogP contribution < -0.4 is 4.90 Å². The van der Waals surface area contributed by atoms with Gasteiger partial charge in [-0.2, -0.15) is 0 Å². The third kappa shape index (κ3) is 3.05. The molecule has 0 spiro atoms. The number of anilines is 1. The average molecular weight is 427 g/mol. The largest absolute Gasteiger partial charge is 0.295 e. The van der Waals surface area contributed by atoms with Crippen LogP contribution in [0.1, 0.15) is 16.5 Å². The van der Waals surface area contributed by atoms with E-state index in [4.69, 9.17) is 0 Å². The van der Waals surface area contributed by atoms with Crippen molar-refractivity contribution in [1.82, 2.24) is 0 Å². The molecule has 2 aromatic rings. The fraction of sp³-hybridized carbons (Fsp3) is 0.188. The monoisotopic (exact) mass is 425 g/mol. The Kier molecular flexibility index (Phi) is 4.43. The second-order valence-electron chi connectivity index (χ2n) is 4.91. The SMILES string of the molecule is Cc1cc(N2C(=O)CS[C@H]2c2ccc(Br)cc2)ccc1Br. The van der Waals surface area contributed by atoms with E-state index in [0.29, 0.717) is 5.75 Å². The minimum Gasteiger partial charge on any atom is -0.295 e.